The van der Waals surface area contributed by atoms with E-state index in [1.807, 2.05) is 0 Å². The van der Waals surface area contributed by atoms with Crippen LogP contribution in [0.5, 0.6) is 0 Å². The summed E-state index contributed by atoms with van der Waals surface area (Å²) in [6.07, 6.45) is 2.63. The largest absolute Gasteiger partial charge is 0.480 e. The summed E-state index contributed by atoms with van der Waals surface area (Å²) >= 11 is 0. The minimum Gasteiger partial charge on any atom is -0.480 e. The molecule has 10 heteroatoms. The second kappa shape index (κ2) is 8.43. The lowest BCUT2D eigenvalue weighted by molar-refractivity contribution is -0.402. The number of amides is 2. The van der Waals surface area contributed by atoms with Crippen molar-refractivity contribution in [2.24, 2.45) is 5.73 Å². The Bertz CT molecular complexity index is 900. The molecular weight excluding hydrogens is 358 g/mol. The average Bonchev–Trinajstić information content (AvgIpc) is 3.08. The molecular formula is C17H15N3O7. The lowest BCUT2D eigenvalue weighted by atomic mass is 10.1. The Balaban J connectivity index is 2.03. The summed E-state index contributed by atoms with van der Waals surface area (Å²) in [7, 11) is 0. The summed E-state index contributed by atoms with van der Waals surface area (Å²) in [5.74, 6) is -2.96. The minimum atomic E-state index is -1.41. The highest BCUT2D eigenvalue weighted by Gasteiger charge is 2.22. The smallest absolute Gasteiger partial charge is 0.433 e. The number of hydrogen-bond acceptors (Lipinski definition) is 6. The molecule has 2 amide bonds. The standard InChI is InChI=1S/C17H15N3O7/c18-14(21)9-13(17(23)24)19-16(22)11-4-1-10(2-5-11)3-6-12-7-8-15(27-12)20(25)26/h1-8,13H,9H2,(H2,18,21)(H,19,22)(H,23,24)/t13-/m0/s1. The molecule has 2 aromatic rings. The zero-order valence-corrected chi connectivity index (χ0v) is 13.8. The highest BCUT2D eigenvalue weighted by Crippen LogP contribution is 2.18. The predicted octanol–water partition coefficient (Wildman–Crippen LogP) is 1.42. The van der Waals surface area contributed by atoms with Gasteiger partial charge in [-0.05, 0) is 29.8 Å². The molecule has 10 nitrogen and oxygen atoms in total. The number of aliphatic carboxylic acids is 1. The molecule has 0 aliphatic rings. The van der Waals surface area contributed by atoms with E-state index in [2.05, 4.69) is 5.32 Å². The Morgan fingerprint density at radius 1 is 1.19 bits per heavy atom. The van der Waals surface area contributed by atoms with E-state index in [1.165, 1.54) is 30.3 Å². The van der Waals surface area contributed by atoms with E-state index in [0.717, 1.165) is 0 Å². The lowest BCUT2D eigenvalue weighted by Crippen LogP contribution is -2.43. The molecule has 0 unspecified atom stereocenters. The molecule has 1 atom stereocenters. The quantitative estimate of drug-likeness (QED) is 0.464. The third-order valence-corrected chi connectivity index (χ3v) is 3.41. The van der Waals surface area contributed by atoms with Crippen LogP contribution in [0.15, 0.2) is 40.8 Å². The zero-order chi connectivity index (χ0) is 20.0. The van der Waals surface area contributed by atoms with Gasteiger partial charge in [-0.1, -0.05) is 18.2 Å². The fourth-order valence-electron chi connectivity index (χ4n) is 2.10. The summed E-state index contributed by atoms with van der Waals surface area (Å²) in [6.45, 7) is 0. The van der Waals surface area contributed by atoms with E-state index in [1.54, 1.807) is 18.2 Å². The Morgan fingerprint density at radius 3 is 2.37 bits per heavy atom. The monoisotopic (exact) mass is 373 g/mol. The molecule has 0 spiro atoms. The molecule has 1 aromatic heterocycles. The summed E-state index contributed by atoms with van der Waals surface area (Å²) in [5.41, 5.74) is 5.83. The summed E-state index contributed by atoms with van der Waals surface area (Å²) in [5, 5.41) is 21.8. The number of hydrogen-bond donors (Lipinski definition) is 3. The van der Waals surface area contributed by atoms with Crippen LogP contribution in [0.25, 0.3) is 12.2 Å². The molecule has 0 saturated carbocycles. The highest BCUT2D eigenvalue weighted by atomic mass is 16.6. The summed E-state index contributed by atoms with van der Waals surface area (Å²) < 4.78 is 4.98. The first-order chi connectivity index (χ1) is 12.8. The number of nitrogens with zero attached hydrogens (tertiary/aromatic N) is 1. The minimum absolute atomic E-state index is 0.191. The molecule has 0 saturated heterocycles. The Hall–Kier alpha value is -3.95. The molecule has 0 aliphatic heterocycles. The zero-order valence-electron chi connectivity index (χ0n) is 13.8. The molecule has 140 valence electrons. The summed E-state index contributed by atoms with van der Waals surface area (Å²) in [6, 6.07) is 7.37. The first kappa shape index (κ1) is 19.4. The number of nitrogens with two attached hydrogens (primary N) is 1. The lowest BCUT2D eigenvalue weighted by Gasteiger charge is -2.12. The Kier molecular flexibility index (Phi) is 6.05. The molecule has 0 bridgehead atoms. The van der Waals surface area contributed by atoms with Gasteiger partial charge in [0.2, 0.25) is 5.91 Å². The second-order valence-electron chi connectivity index (χ2n) is 5.42. The normalized spacial score (nSPS) is 11.9. The molecule has 0 fully saturated rings. The maximum absolute atomic E-state index is 12.1. The van der Waals surface area contributed by atoms with Gasteiger partial charge < -0.3 is 20.6 Å². The van der Waals surface area contributed by atoms with Crippen molar-refractivity contribution in [3.63, 3.8) is 0 Å². The number of carbonyl (C=O) groups is 3. The number of nitro groups is 1. The van der Waals surface area contributed by atoms with Crippen LogP contribution in [0.4, 0.5) is 5.88 Å². The first-order valence-electron chi connectivity index (χ1n) is 7.60. The van der Waals surface area contributed by atoms with Crippen molar-refractivity contribution in [1.82, 2.24) is 5.32 Å². The third-order valence-electron chi connectivity index (χ3n) is 3.41. The van der Waals surface area contributed by atoms with Gasteiger partial charge in [0.05, 0.1) is 12.5 Å². The van der Waals surface area contributed by atoms with Crippen LogP contribution in [-0.4, -0.2) is 33.9 Å². The second-order valence-corrected chi connectivity index (χ2v) is 5.42. The van der Waals surface area contributed by atoms with Gasteiger partial charge in [-0.3, -0.25) is 19.7 Å². The number of carboxylic acids is 1. The van der Waals surface area contributed by atoms with E-state index in [0.29, 0.717) is 11.3 Å². The summed E-state index contributed by atoms with van der Waals surface area (Å²) in [4.78, 5) is 43.9. The van der Waals surface area contributed by atoms with Crippen molar-refractivity contribution in [2.75, 3.05) is 0 Å². The van der Waals surface area contributed by atoms with Crippen molar-refractivity contribution in [2.45, 2.75) is 12.5 Å². The molecule has 0 radical (unpaired) electrons. The topological polar surface area (TPSA) is 166 Å². The number of primary amides is 1. The van der Waals surface area contributed by atoms with E-state index in [4.69, 9.17) is 15.3 Å². The fourth-order valence-corrected chi connectivity index (χ4v) is 2.10. The number of benzene rings is 1. The number of furan rings is 1. The molecule has 0 aliphatic carbocycles. The van der Waals surface area contributed by atoms with E-state index in [-0.39, 0.29) is 11.4 Å². The van der Waals surface area contributed by atoms with Gasteiger partial charge in [-0.15, -0.1) is 0 Å². The van der Waals surface area contributed by atoms with Crippen molar-refractivity contribution in [3.8, 4) is 0 Å². The van der Waals surface area contributed by atoms with E-state index < -0.39 is 35.2 Å². The number of carbonyl (C=O) groups excluding carboxylic acids is 2. The first-order valence-corrected chi connectivity index (χ1v) is 7.60. The van der Waals surface area contributed by atoms with Gasteiger partial charge in [0.25, 0.3) is 5.91 Å². The Morgan fingerprint density at radius 2 is 1.85 bits per heavy atom. The van der Waals surface area contributed by atoms with Gasteiger partial charge in [-0.2, -0.15) is 0 Å². The fraction of sp³-hybridized carbons (Fsp3) is 0.118. The van der Waals surface area contributed by atoms with Crippen LogP contribution < -0.4 is 11.1 Å². The van der Waals surface area contributed by atoms with E-state index >= 15 is 0 Å². The van der Waals surface area contributed by atoms with Gasteiger partial charge in [0, 0.05) is 5.56 Å². The molecule has 27 heavy (non-hydrogen) atoms. The van der Waals surface area contributed by atoms with Crippen LogP contribution >= 0.6 is 0 Å². The molecule has 1 aromatic carbocycles. The van der Waals surface area contributed by atoms with Gasteiger partial charge in [-0.25, -0.2) is 4.79 Å². The van der Waals surface area contributed by atoms with Crippen molar-refractivity contribution in [3.05, 3.63) is 63.4 Å². The van der Waals surface area contributed by atoms with Gasteiger partial charge in [0.15, 0.2) is 0 Å². The van der Waals surface area contributed by atoms with Crippen LogP contribution in [0.3, 0.4) is 0 Å². The van der Waals surface area contributed by atoms with Crippen LogP contribution in [0.2, 0.25) is 0 Å². The number of carboxylic acid groups (broad SMARTS) is 1. The Labute approximate surface area is 152 Å². The van der Waals surface area contributed by atoms with Gasteiger partial charge in [0.1, 0.15) is 16.7 Å². The molecule has 4 N–H and O–H groups in total. The SMILES string of the molecule is NC(=O)C[C@H](NC(=O)c1ccc(C=Cc2ccc([N+](=O)[O-])o2)cc1)C(=O)O. The maximum Gasteiger partial charge on any atom is 0.433 e. The molecule has 2 rings (SSSR count). The van der Waals surface area contributed by atoms with Crippen molar-refractivity contribution >= 4 is 35.8 Å². The number of rotatable bonds is 8. The van der Waals surface area contributed by atoms with Crippen LogP contribution in [0.1, 0.15) is 28.1 Å². The highest BCUT2D eigenvalue weighted by molar-refractivity contribution is 5.97. The van der Waals surface area contributed by atoms with E-state index in [9.17, 15) is 24.5 Å². The maximum atomic E-state index is 12.1. The van der Waals surface area contributed by atoms with Gasteiger partial charge >= 0.3 is 11.9 Å². The van der Waals surface area contributed by atoms with Crippen LogP contribution in [0, 0.1) is 10.1 Å². The van der Waals surface area contributed by atoms with Crippen LogP contribution in [-0.2, 0) is 9.59 Å². The third kappa shape index (κ3) is 5.53. The number of nitrogens with one attached hydrogen (secondary N) is 1. The van der Waals surface area contributed by atoms with Crippen molar-refractivity contribution < 1.29 is 28.8 Å². The van der Waals surface area contributed by atoms with Crippen molar-refractivity contribution in [1.29, 1.82) is 0 Å². The average molecular weight is 373 g/mol. The molecule has 1 heterocycles. The predicted molar refractivity (Wildman–Crippen MR) is 93.4 cm³/mol.